The average molecular weight is 341 g/mol. The van der Waals surface area contributed by atoms with Gasteiger partial charge in [0.1, 0.15) is 17.6 Å². The van der Waals surface area contributed by atoms with E-state index in [0.717, 1.165) is 12.1 Å². The van der Waals surface area contributed by atoms with Crippen molar-refractivity contribution in [2.75, 3.05) is 6.61 Å². The van der Waals surface area contributed by atoms with Crippen molar-refractivity contribution in [3.63, 3.8) is 0 Å². The Hall–Kier alpha value is -2.74. The molecule has 1 unspecified atom stereocenters. The van der Waals surface area contributed by atoms with Crippen LogP contribution in [0.4, 0.5) is 13.2 Å². The van der Waals surface area contributed by atoms with Crippen LogP contribution in [-0.2, 0) is 4.79 Å². The van der Waals surface area contributed by atoms with Gasteiger partial charge in [0.2, 0.25) is 5.91 Å². The molecule has 1 atom stereocenters. The number of aliphatic hydroxyl groups excluding tert-OH is 1. The van der Waals surface area contributed by atoms with Crippen molar-refractivity contribution < 1.29 is 32.2 Å². The highest BCUT2D eigenvalue weighted by Gasteiger charge is 2.31. The summed E-state index contributed by atoms with van der Waals surface area (Å²) in [6, 6.07) is 7.85. The summed E-state index contributed by atoms with van der Waals surface area (Å²) in [4.78, 5) is 11.9. The van der Waals surface area contributed by atoms with Crippen molar-refractivity contribution >= 4 is 12.0 Å². The fourth-order valence-corrected chi connectivity index (χ4v) is 1.92. The summed E-state index contributed by atoms with van der Waals surface area (Å²) < 4.78 is 46.0. The van der Waals surface area contributed by atoms with Gasteiger partial charge in [0.15, 0.2) is 0 Å². The number of nitrogens with one attached hydrogen (secondary N) is 1. The molecule has 0 bridgehead atoms. The van der Waals surface area contributed by atoms with Crippen LogP contribution in [0.5, 0.6) is 5.75 Å². The first kappa shape index (κ1) is 17.6. The topological polar surface area (TPSA) is 71.7 Å². The molecule has 1 amide bonds. The quantitative estimate of drug-likeness (QED) is 0.792. The summed E-state index contributed by atoms with van der Waals surface area (Å²) in [6.45, 7) is -0.388. The third-order valence-electron chi connectivity index (χ3n) is 2.94. The molecule has 0 aliphatic rings. The maximum atomic E-state index is 12.3. The van der Waals surface area contributed by atoms with Gasteiger partial charge < -0.3 is 19.6 Å². The van der Waals surface area contributed by atoms with Crippen LogP contribution in [0.15, 0.2) is 53.2 Å². The number of ether oxygens (including phenoxy) is 1. The number of furan rings is 1. The Bertz CT molecular complexity index is 696. The number of hydrogen-bond donors (Lipinski definition) is 2. The molecule has 128 valence electrons. The van der Waals surface area contributed by atoms with Crippen molar-refractivity contribution in [2.24, 2.45) is 0 Å². The van der Waals surface area contributed by atoms with Gasteiger partial charge in [0.05, 0.1) is 12.9 Å². The lowest BCUT2D eigenvalue weighted by Gasteiger charge is -2.12. The molecule has 1 aromatic carbocycles. The zero-order valence-corrected chi connectivity index (χ0v) is 12.3. The lowest BCUT2D eigenvalue weighted by atomic mass is 10.2. The Morgan fingerprint density at radius 2 is 2.04 bits per heavy atom. The van der Waals surface area contributed by atoms with Gasteiger partial charge in [-0.25, -0.2) is 0 Å². The maximum Gasteiger partial charge on any atom is 0.573 e. The van der Waals surface area contributed by atoms with E-state index in [-0.39, 0.29) is 12.2 Å². The van der Waals surface area contributed by atoms with E-state index in [1.165, 1.54) is 30.5 Å². The molecular weight excluding hydrogens is 327 g/mol. The predicted octanol–water partition coefficient (Wildman–Crippen LogP) is 3.04. The second-order valence-corrected chi connectivity index (χ2v) is 4.68. The summed E-state index contributed by atoms with van der Waals surface area (Å²) in [5.74, 6) is -0.661. The molecule has 0 saturated heterocycles. The first-order chi connectivity index (χ1) is 11.4. The molecule has 0 radical (unpaired) electrons. The minimum absolute atomic E-state index is 0.0866. The second-order valence-electron chi connectivity index (χ2n) is 4.68. The van der Waals surface area contributed by atoms with Crippen molar-refractivity contribution in [3.05, 3.63) is 60.1 Å². The van der Waals surface area contributed by atoms with Crippen LogP contribution in [0, 0.1) is 0 Å². The van der Waals surface area contributed by atoms with Crippen LogP contribution in [0.25, 0.3) is 6.08 Å². The smallest absolute Gasteiger partial charge is 0.467 e. The van der Waals surface area contributed by atoms with Gasteiger partial charge in [0, 0.05) is 11.6 Å². The SMILES string of the molecule is O=C(/C=C/c1ccccc1OC(F)(F)F)NC(CO)c1ccco1. The van der Waals surface area contributed by atoms with Crippen molar-refractivity contribution in [2.45, 2.75) is 12.4 Å². The van der Waals surface area contributed by atoms with E-state index in [2.05, 4.69) is 10.1 Å². The van der Waals surface area contributed by atoms with Crippen molar-refractivity contribution in [1.29, 1.82) is 0 Å². The number of alkyl halides is 3. The highest BCUT2D eigenvalue weighted by atomic mass is 19.4. The summed E-state index contributed by atoms with van der Waals surface area (Å²) in [6.07, 6.45) is -1.20. The van der Waals surface area contributed by atoms with E-state index >= 15 is 0 Å². The van der Waals surface area contributed by atoms with Crippen molar-refractivity contribution in [1.82, 2.24) is 5.32 Å². The Morgan fingerprint density at radius 1 is 1.29 bits per heavy atom. The molecule has 0 fully saturated rings. The van der Waals surface area contributed by atoms with Crippen LogP contribution in [0.2, 0.25) is 0 Å². The third-order valence-corrected chi connectivity index (χ3v) is 2.94. The number of hydrogen-bond acceptors (Lipinski definition) is 4. The molecule has 0 spiro atoms. The van der Waals surface area contributed by atoms with Gasteiger partial charge in [-0.15, -0.1) is 13.2 Å². The summed E-state index contributed by atoms with van der Waals surface area (Å²) >= 11 is 0. The molecule has 24 heavy (non-hydrogen) atoms. The van der Waals surface area contributed by atoms with E-state index in [0.29, 0.717) is 5.76 Å². The number of rotatable bonds is 6. The number of aliphatic hydroxyl groups is 1. The molecule has 1 heterocycles. The van der Waals surface area contributed by atoms with E-state index in [9.17, 15) is 23.1 Å². The third kappa shape index (κ3) is 5.17. The highest BCUT2D eigenvalue weighted by Crippen LogP contribution is 2.27. The van der Waals surface area contributed by atoms with E-state index in [4.69, 9.17) is 4.42 Å². The van der Waals surface area contributed by atoms with Gasteiger partial charge in [-0.1, -0.05) is 18.2 Å². The standard InChI is InChI=1S/C16H14F3NO4/c17-16(18,19)24-13-5-2-1-4-11(13)7-8-15(22)20-12(10-21)14-6-3-9-23-14/h1-9,12,21H,10H2,(H,20,22)/b8-7+. The van der Waals surface area contributed by atoms with Crippen LogP contribution < -0.4 is 10.1 Å². The van der Waals surface area contributed by atoms with Gasteiger partial charge in [-0.3, -0.25) is 4.79 Å². The van der Waals surface area contributed by atoms with Crippen LogP contribution in [0.3, 0.4) is 0 Å². The second kappa shape index (κ2) is 7.69. The van der Waals surface area contributed by atoms with Crippen LogP contribution >= 0.6 is 0 Å². The number of benzene rings is 1. The van der Waals surface area contributed by atoms with E-state index in [1.54, 1.807) is 12.1 Å². The summed E-state index contributed by atoms with van der Waals surface area (Å²) in [5, 5.41) is 11.7. The molecule has 0 saturated carbocycles. The molecule has 5 nitrogen and oxygen atoms in total. The zero-order chi connectivity index (χ0) is 17.6. The van der Waals surface area contributed by atoms with E-state index < -0.39 is 24.1 Å². The minimum Gasteiger partial charge on any atom is -0.467 e. The molecular formula is C16H14F3NO4. The number of amides is 1. The summed E-state index contributed by atoms with van der Waals surface area (Å²) in [7, 11) is 0. The van der Waals surface area contributed by atoms with Gasteiger partial charge in [-0.2, -0.15) is 0 Å². The number of carbonyl (C=O) groups excluding carboxylic acids is 1. The molecule has 0 aliphatic carbocycles. The molecule has 0 aliphatic heterocycles. The minimum atomic E-state index is -4.83. The highest BCUT2D eigenvalue weighted by molar-refractivity contribution is 5.92. The average Bonchev–Trinajstić information content (AvgIpc) is 3.04. The molecule has 2 N–H and O–H groups in total. The first-order valence-corrected chi connectivity index (χ1v) is 6.86. The van der Waals surface area contributed by atoms with E-state index in [1.807, 2.05) is 0 Å². The fourth-order valence-electron chi connectivity index (χ4n) is 1.92. The Balaban J connectivity index is 2.06. The predicted molar refractivity (Wildman–Crippen MR) is 78.8 cm³/mol. The monoisotopic (exact) mass is 341 g/mol. The molecule has 8 heteroatoms. The number of para-hydroxylation sites is 1. The zero-order valence-electron chi connectivity index (χ0n) is 12.3. The molecule has 2 rings (SSSR count). The lowest BCUT2D eigenvalue weighted by molar-refractivity contribution is -0.274. The maximum absolute atomic E-state index is 12.3. The molecule has 2 aromatic rings. The first-order valence-electron chi connectivity index (χ1n) is 6.86. The van der Waals surface area contributed by atoms with Crippen LogP contribution in [-0.4, -0.2) is 24.0 Å². The number of carbonyl (C=O) groups is 1. The fraction of sp³-hybridized carbons (Fsp3) is 0.188. The van der Waals surface area contributed by atoms with Crippen molar-refractivity contribution in [3.8, 4) is 5.75 Å². The van der Waals surface area contributed by atoms with Gasteiger partial charge >= 0.3 is 6.36 Å². The summed E-state index contributed by atoms with van der Waals surface area (Å²) in [5.41, 5.74) is 0.0866. The van der Waals surface area contributed by atoms with Crippen LogP contribution in [0.1, 0.15) is 17.4 Å². The largest absolute Gasteiger partial charge is 0.573 e. The Kier molecular flexibility index (Phi) is 5.64. The van der Waals surface area contributed by atoms with Gasteiger partial charge in [-0.05, 0) is 24.3 Å². The number of halogens is 3. The normalized spacial score (nSPS) is 13.0. The van der Waals surface area contributed by atoms with Gasteiger partial charge in [0.25, 0.3) is 0 Å². The Morgan fingerprint density at radius 3 is 2.67 bits per heavy atom. The molecule has 1 aromatic heterocycles. The Labute approximate surface area is 135 Å². The lowest BCUT2D eigenvalue weighted by Crippen LogP contribution is -2.28.